The highest BCUT2D eigenvalue weighted by atomic mass is 16.4. The highest BCUT2D eigenvalue weighted by Gasteiger charge is 2.09. The lowest BCUT2D eigenvalue weighted by atomic mass is 10.0. The van der Waals surface area contributed by atoms with Gasteiger partial charge in [-0.3, -0.25) is 9.59 Å². The molecule has 1 atom stereocenters. The molecule has 0 aromatic rings. The second kappa shape index (κ2) is 3.87. The molecule has 0 bridgehead atoms. The van der Waals surface area contributed by atoms with Gasteiger partial charge in [0.1, 0.15) is 0 Å². The van der Waals surface area contributed by atoms with Crippen molar-refractivity contribution in [3.63, 3.8) is 0 Å². The van der Waals surface area contributed by atoms with Gasteiger partial charge in [0, 0.05) is 12.8 Å². The minimum Gasteiger partial charge on any atom is -0.481 e. The van der Waals surface area contributed by atoms with E-state index in [1.54, 1.807) is 6.92 Å². The van der Waals surface area contributed by atoms with Crippen LogP contribution in [0.1, 0.15) is 19.8 Å². The first-order valence-electron chi connectivity index (χ1n) is 3.02. The average Bonchev–Trinajstić information content (AvgIpc) is 1.58. The predicted octanol–water partition coefficient (Wildman–Crippen LogP) is -0.0274. The molecule has 10 heavy (non-hydrogen) atoms. The van der Waals surface area contributed by atoms with Crippen LogP contribution in [0.25, 0.3) is 0 Å². The average molecular weight is 145 g/mol. The van der Waals surface area contributed by atoms with Crippen molar-refractivity contribution in [1.82, 2.24) is 0 Å². The number of aliphatic carboxylic acids is 1. The molecular weight excluding hydrogens is 134 g/mol. The molecule has 0 saturated heterocycles. The summed E-state index contributed by atoms with van der Waals surface area (Å²) in [4.78, 5) is 20.3. The standard InChI is InChI=1S/C6H11NO3/c1-4(2-5(7)8)3-6(9)10/h4H,2-3H2,1H3,(H2,7,8)(H,9,10)/t4-/m0/s1. The van der Waals surface area contributed by atoms with Crippen LogP contribution >= 0.6 is 0 Å². The van der Waals surface area contributed by atoms with Crippen molar-refractivity contribution < 1.29 is 14.7 Å². The molecule has 0 rings (SSSR count). The number of hydrogen-bond donors (Lipinski definition) is 2. The molecule has 0 spiro atoms. The van der Waals surface area contributed by atoms with Crippen LogP contribution in [-0.4, -0.2) is 17.0 Å². The minimum absolute atomic E-state index is 0.00292. The Labute approximate surface area is 59.0 Å². The molecule has 0 aromatic heterocycles. The molecular formula is C6H11NO3. The van der Waals surface area contributed by atoms with Crippen LogP contribution in [0.5, 0.6) is 0 Å². The molecule has 0 aliphatic carbocycles. The number of hydrogen-bond acceptors (Lipinski definition) is 2. The highest BCUT2D eigenvalue weighted by molar-refractivity contribution is 5.75. The molecule has 3 N–H and O–H groups in total. The van der Waals surface area contributed by atoms with Crippen LogP contribution in [-0.2, 0) is 9.59 Å². The summed E-state index contributed by atoms with van der Waals surface area (Å²) >= 11 is 0. The van der Waals surface area contributed by atoms with Gasteiger partial charge in [0.05, 0.1) is 0 Å². The summed E-state index contributed by atoms with van der Waals surface area (Å²) in [5.74, 6) is -1.50. The number of amides is 1. The summed E-state index contributed by atoms with van der Waals surface area (Å²) in [7, 11) is 0. The van der Waals surface area contributed by atoms with E-state index >= 15 is 0 Å². The lowest BCUT2D eigenvalue weighted by molar-refractivity contribution is -0.138. The molecule has 0 aromatic carbocycles. The zero-order valence-electron chi connectivity index (χ0n) is 5.83. The van der Waals surface area contributed by atoms with Gasteiger partial charge in [-0.25, -0.2) is 0 Å². The van der Waals surface area contributed by atoms with Gasteiger partial charge in [-0.05, 0) is 5.92 Å². The summed E-state index contributed by atoms with van der Waals surface area (Å²) in [5, 5.41) is 8.24. The lowest BCUT2D eigenvalue weighted by Crippen LogP contribution is -2.16. The van der Waals surface area contributed by atoms with Gasteiger partial charge in [-0.2, -0.15) is 0 Å². The molecule has 0 unspecified atom stereocenters. The van der Waals surface area contributed by atoms with Crippen LogP contribution in [0.15, 0.2) is 0 Å². The fourth-order valence-corrected chi connectivity index (χ4v) is 0.714. The van der Waals surface area contributed by atoms with E-state index in [2.05, 4.69) is 0 Å². The summed E-state index contributed by atoms with van der Waals surface area (Å²) in [6.07, 6.45) is 0.148. The van der Waals surface area contributed by atoms with Crippen molar-refractivity contribution in [2.75, 3.05) is 0 Å². The van der Waals surface area contributed by atoms with Crippen molar-refractivity contribution in [3.8, 4) is 0 Å². The van der Waals surface area contributed by atoms with Crippen LogP contribution in [0.4, 0.5) is 0 Å². The van der Waals surface area contributed by atoms with Crippen molar-refractivity contribution >= 4 is 11.9 Å². The van der Waals surface area contributed by atoms with Gasteiger partial charge < -0.3 is 10.8 Å². The highest BCUT2D eigenvalue weighted by Crippen LogP contribution is 2.05. The van der Waals surface area contributed by atoms with Crippen LogP contribution in [0.2, 0.25) is 0 Å². The van der Waals surface area contributed by atoms with Gasteiger partial charge in [0.2, 0.25) is 5.91 Å². The minimum atomic E-state index is -0.895. The van der Waals surface area contributed by atoms with Crippen molar-refractivity contribution in [3.05, 3.63) is 0 Å². The maximum Gasteiger partial charge on any atom is 0.303 e. The number of primary amides is 1. The third kappa shape index (κ3) is 5.08. The van der Waals surface area contributed by atoms with Crippen molar-refractivity contribution in [2.24, 2.45) is 11.7 Å². The van der Waals surface area contributed by atoms with Gasteiger partial charge >= 0.3 is 5.97 Å². The van der Waals surface area contributed by atoms with Gasteiger partial charge in [-0.15, -0.1) is 0 Å². The Bertz CT molecular complexity index is 128. The number of carboxylic acid groups (broad SMARTS) is 1. The first kappa shape index (κ1) is 8.94. The Hall–Kier alpha value is -1.06. The van der Waals surface area contributed by atoms with E-state index < -0.39 is 11.9 Å². The molecule has 0 aliphatic heterocycles. The van der Waals surface area contributed by atoms with E-state index in [0.29, 0.717) is 0 Å². The second-order valence-corrected chi connectivity index (χ2v) is 2.37. The molecule has 58 valence electrons. The lowest BCUT2D eigenvalue weighted by Gasteiger charge is -2.03. The van der Waals surface area contributed by atoms with E-state index in [9.17, 15) is 9.59 Å². The smallest absolute Gasteiger partial charge is 0.303 e. The summed E-state index contributed by atoms with van der Waals surface area (Å²) in [6.45, 7) is 1.68. The van der Waals surface area contributed by atoms with Gasteiger partial charge in [-0.1, -0.05) is 6.92 Å². The van der Waals surface area contributed by atoms with E-state index in [-0.39, 0.29) is 18.8 Å². The Morgan fingerprint density at radius 3 is 2.30 bits per heavy atom. The molecule has 0 radical (unpaired) electrons. The molecule has 0 saturated carbocycles. The molecule has 0 fully saturated rings. The Balaban J connectivity index is 3.53. The SMILES string of the molecule is C[C@@H](CC(N)=O)CC(=O)O. The Morgan fingerprint density at radius 1 is 1.50 bits per heavy atom. The van der Waals surface area contributed by atoms with Crippen LogP contribution in [0.3, 0.4) is 0 Å². The van der Waals surface area contributed by atoms with E-state index in [4.69, 9.17) is 10.8 Å². The van der Waals surface area contributed by atoms with Crippen molar-refractivity contribution in [2.45, 2.75) is 19.8 Å². The molecule has 4 heteroatoms. The first-order valence-corrected chi connectivity index (χ1v) is 3.02. The zero-order valence-corrected chi connectivity index (χ0v) is 5.83. The van der Waals surface area contributed by atoms with Crippen LogP contribution < -0.4 is 5.73 Å². The number of nitrogens with two attached hydrogens (primary N) is 1. The third-order valence-corrected chi connectivity index (χ3v) is 1.07. The molecule has 0 heterocycles. The number of rotatable bonds is 4. The molecule has 0 aliphatic rings. The Kier molecular flexibility index (Phi) is 3.46. The maximum absolute atomic E-state index is 10.2. The number of carbonyl (C=O) groups is 2. The Morgan fingerprint density at radius 2 is 2.00 bits per heavy atom. The van der Waals surface area contributed by atoms with Crippen LogP contribution in [0, 0.1) is 5.92 Å². The summed E-state index contributed by atoms with van der Waals surface area (Å²) in [6, 6.07) is 0. The summed E-state index contributed by atoms with van der Waals surface area (Å²) in [5.41, 5.74) is 4.84. The number of carboxylic acids is 1. The van der Waals surface area contributed by atoms with Gasteiger partial charge in [0.25, 0.3) is 0 Å². The van der Waals surface area contributed by atoms with Gasteiger partial charge in [0.15, 0.2) is 0 Å². The van der Waals surface area contributed by atoms with Crippen molar-refractivity contribution in [1.29, 1.82) is 0 Å². The fourth-order valence-electron chi connectivity index (χ4n) is 0.714. The number of carbonyl (C=O) groups excluding carboxylic acids is 1. The monoisotopic (exact) mass is 145 g/mol. The zero-order chi connectivity index (χ0) is 8.15. The normalized spacial score (nSPS) is 12.5. The summed E-state index contributed by atoms with van der Waals surface area (Å²) < 4.78 is 0. The maximum atomic E-state index is 10.2. The topological polar surface area (TPSA) is 80.4 Å². The first-order chi connectivity index (χ1) is 4.52. The molecule has 4 nitrogen and oxygen atoms in total. The van der Waals surface area contributed by atoms with E-state index in [1.807, 2.05) is 0 Å². The largest absolute Gasteiger partial charge is 0.481 e. The molecule has 1 amide bonds. The van der Waals surface area contributed by atoms with E-state index in [0.717, 1.165) is 0 Å². The predicted molar refractivity (Wildman–Crippen MR) is 35.2 cm³/mol. The van der Waals surface area contributed by atoms with E-state index in [1.165, 1.54) is 0 Å². The second-order valence-electron chi connectivity index (χ2n) is 2.37. The quantitative estimate of drug-likeness (QED) is 0.583. The fraction of sp³-hybridized carbons (Fsp3) is 0.667. The third-order valence-electron chi connectivity index (χ3n) is 1.07.